The van der Waals surface area contributed by atoms with Crippen molar-refractivity contribution in [3.63, 3.8) is 0 Å². The molecule has 0 aliphatic carbocycles. The van der Waals surface area contributed by atoms with E-state index in [2.05, 4.69) is 10.0 Å². The molecule has 1 aromatic rings. The van der Waals surface area contributed by atoms with Crippen LogP contribution in [0.1, 0.15) is 5.56 Å². The van der Waals surface area contributed by atoms with Crippen LogP contribution in [0.4, 0.5) is 0 Å². The van der Waals surface area contributed by atoms with Crippen molar-refractivity contribution in [2.24, 2.45) is 5.11 Å². The van der Waals surface area contributed by atoms with Gasteiger partial charge in [-0.2, -0.15) is 0 Å². The highest BCUT2D eigenvalue weighted by Crippen LogP contribution is 2.26. The molecule has 1 N–H and O–H groups in total. The van der Waals surface area contributed by atoms with Crippen LogP contribution >= 0.6 is 0 Å². The molecule has 0 saturated carbocycles. The quantitative estimate of drug-likeness (QED) is 0.466. The molecule has 0 amide bonds. The monoisotopic (exact) mass is 205 g/mol. The minimum absolute atomic E-state index is 0.0865. The lowest BCUT2D eigenvalue weighted by Gasteiger charge is -2.02. The van der Waals surface area contributed by atoms with Crippen molar-refractivity contribution in [2.45, 2.75) is 0 Å². The largest absolute Gasteiger partial charge is 0.504 e. The number of hydrogen-bond donors (Lipinski definition) is 1. The summed E-state index contributed by atoms with van der Waals surface area (Å²) in [6.07, 6.45) is 3.47. The van der Waals surface area contributed by atoms with Crippen molar-refractivity contribution >= 4 is 6.08 Å². The molecule has 5 nitrogen and oxygen atoms in total. The van der Waals surface area contributed by atoms with Gasteiger partial charge in [-0.05, 0) is 23.2 Å². The predicted molar refractivity (Wildman–Crippen MR) is 57.7 cm³/mol. The number of rotatable bonds is 4. The maximum atomic E-state index is 9.45. The maximum Gasteiger partial charge on any atom is 0.160 e. The van der Waals surface area contributed by atoms with Crippen LogP contribution in [0.3, 0.4) is 0 Å². The highest BCUT2D eigenvalue weighted by Gasteiger charge is 1.99. The first kappa shape index (κ1) is 10.9. The van der Waals surface area contributed by atoms with E-state index in [1.54, 1.807) is 30.4 Å². The van der Waals surface area contributed by atoms with Gasteiger partial charge >= 0.3 is 0 Å². The summed E-state index contributed by atoms with van der Waals surface area (Å²) in [6.45, 7) is 0.295. The van der Waals surface area contributed by atoms with E-state index in [4.69, 9.17) is 10.3 Å². The Hall–Kier alpha value is -2.13. The smallest absolute Gasteiger partial charge is 0.160 e. The molecule has 1 rings (SSSR count). The topological polar surface area (TPSA) is 78.2 Å². The average Bonchev–Trinajstić information content (AvgIpc) is 2.25. The fourth-order valence-electron chi connectivity index (χ4n) is 1.08. The van der Waals surface area contributed by atoms with Gasteiger partial charge < -0.3 is 9.84 Å². The van der Waals surface area contributed by atoms with Gasteiger partial charge in [-0.25, -0.2) is 0 Å². The second kappa shape index (κ2) is 5.57. The molecule has 5 heteroatoms. The highest BCUT2D eigenvalue weighted by atomic mass is 16.5. The SMILES string of the molecule is COc1ccc(C=CCN=[N+]=[N-])cc1O. The number of benzene rings is 1. The summed E-state index contributed by atoms with van der Waals surface area (Å²) < 4.78 is 4.90. The third kappa shape index (κ3) is 3.25. The van der Waals surface area contributed by atoms with Crippen LogP contribution in [0.5, 0.6) is 11.5 Å². The minimum atomic E-state index is 0.0865. The van der Waals surface area contributed by atoms with E-state index in [1.165, 1.54) is 7.11 Å². The first-order valence-corrected chi connectivity index (χ1v) is 4.32. The van der Waals surface area contributed by atoms with Gasteiger partial charge in [0.25, 0.3) is 0 Å². The standard InChI is InChI=1S/C10H11N3O2/c1-15-10-5-4-8(7-9(10)14)3-2-6-12-13-11/h2-5,7,14H,6H2,1H3. The molecule has 0 heterocycles. The minimum Gasteiger partial charge on any atom is -0.504 e. The molecule has 0 unspecified atom stereocenters. The molecule has 0 aliphatic heterocycles. The van der Waals surface area contributed by atoms with E-state index in [9.17, 15) is 5.11 Å². The van der Waals surface area contributed by atoms with Gasteiger partial charge in [-0.1, -0.05) is 23.3 Å². The molecule has 0 spiro atoms. The number of methoxy groups -OCH3 is 1. The van der Waals surface area contributed by atoms with Gasteiger partial charge in [0.1, 0.15) is 0 Å². The van der Waals surface area contributed by atoms with Gasteiger partial charge in [0.05, 0.1) is 7.11 Å². The number of azide groups is 1. The van der Waals surface area contributed by atoms with Crippen molar-refractivity contribution in [2.75, 3.05) is 13.7 Å². The summed E-state index contributed by atoms with van der Waals surface area (Å²) in [5.41, 5.74) is 8.86. The van der Waals surface area contributed by atoms with Gasteiger partial charge in [-0.15, -0.1) is 0 Å². The van der Waals surface area contributed by atoms with Crippen molar-refractivity contribution in [3.8, 4) is 11.5 Å². The molecule has 0 radical (unpaired) electrons. The number of nitrogens with zero attached hydrogens (tertiary/aromatic N) is 3. The average molecular weight is 205 g/mol. The first-order chi connectivity index (χ1) is 7.27. The lowest BCUT2D eigenvalue weighted by atomic mass is 10.2. The summed E-state index contributed by atoms with van der Waals surface area (Å²) in [5.74, 6) is 0.519. The predicted octanol–water partition coefficient (Wildman–Crippen LogP) is 2.72. The van der Waals surface area contributed by atoms with Crippen molar-refractivity contribution in [1.29, 1.82) is 0 Å². The van der Waals surface area contributed by atoms with Crippen LogP contribution in [0, 0.1) is 0 Å². The van der Waals surface area contributed by atoms with E-state index >= 15 is 0 Å². The van der Waals surface area contributed by atoms with Crippen molar-refractivity contribution in [1.82, 2.24) is 0 Å². The van der Waals surface area contributed by atoms with Gasteiger partial charge in [0.15, 0.2) is 11.5 Å². The Balaban J connectivity index is 2.75. The van der Waals surface area contributed by atoms with Crippen LogP contribution < -0.4 is 4.74 Å². The zero-order chi connectivity index (χ0) is 11.1. The van der Waals surface area contributed by atoms with Crippen LogP contribution in [0.15, 0.2) is 29.4 Å². The third-order valence-electron chi connectivity index (χ3n) is 1.76. The van der Waals surface area contributed by atoms with Crippen molar-refractivity contribution in [3.05, 3.63) is 40.3 Å². The molecule has 0 saturated heterocycles. The maximum absolute atomic E-state index is 9.45. The zero-order valence-corrected chi connectivity index (χ0v) is 8.29. The van der Waals surface area contributed by atoms with E-state index in [1.807, 2.05) is 0 Å². The molecule has 0 atom stereocenters. The van der Waals surface area contributed by atoms with E-state index in [-0.39, 0.29) is 5.75 Å². The molecular formula is C10H11N3O2. The van der Waals surface area contributed by atoms with E-state index in [0.717, 1.165) is 5.56 Å². The second-order valence-electron chi connectivity index (χ2n) is 2.75. The van der Waals surface area contributed by atoms with Crippen LogP contribution in [-0.2, 0) is 0 Å². The summed E-state index contributed by atoms with van der Waals surface area (Å²) in [6, 6.07) is 5.04. The molecule has 15 heavy (non-hydrogen) atoms. The number of phenolic OH excluding ortho intramolecular Hbond substituents is 1. The Kier molecular flexibility index (Phi) is 4.06. The van der Waals surface area contributed by atoms with Crippen LogP contribution in [-0.4, -0.2) is 18.8 Å². The Bertz CT molecular complexity index is 409. The van der Waals surface area contributed by atoms with Gasteiger partial charge in [0, 0.05) is 11.5 Å². The molecule has 0 aromatic heterocycles. The third-order valence-corrected chi connectivity index (χ3v) is 1.76. The number of hydrogen-bond acceptors (Lipinski definition) is 3. The van der Waals surface area contributed by atoms with E-state index < -0.39 is 0 Å². The molecule has 0 fully saturated rings. The second-order valence-corrected chi connectivity index (χ2v) is 2.75. The lowest BCUT2D eigenvalue weighted by Crippen LogP contribution is -1.83. The number of aromatic hydroxyl groups is 1. The van der Waals surface area contributed by atoms with Crippen molar-refractivity contribution < 1.29 is 9.84 Å². The normalized spacial score (nSPS) is 9.93. The zero-order valence-electron chi connectivity index (χ0n) is 8.29. The fraction of sp³-hybridized carbons (Fsp3) is 0.200. The summed E-state index contributed by atoms with van der Waals surface area (Å²) in [4.78, 5) is 2.62. The molecular weight excluding hydrogens is 194 g/mol. The summed E-state index contributed by atoms with van der Waals surface area (Å²) in [5, 5.41) is 12.8. The van der Waals surface area contributed by atoms with Gasteiger partial charge in [0.2, 0.25) is 0 Å². The first-order valence-electron chi connectivity index (χ1n) is 4.32. The van der Waals surface area contributed by atoms with Crippen LogP contribution in [0.25, 0.3) is 16.5 Å². The number of ether oxygens (including phenoxy) is 1. The Morgan fingerprint density at radius 1 is 1.60 bits per heavy atom. The molecule has 78 valence electrons. The highest BCUT2D eigenvalue weighted by molar-refractivity contribution is 5.55. The van der Waals surface area contributed by atoms with Crippen LogP contribution in [0.2, 0.25) is 0 Å². The van der Waals surface area contributed by atoms with E-state index in [0.29, 0.717) is 12.3 Å². The molecule has 0 aliphatic rings. The Morgan fingerprint density at radius 2 is 2.40 bits per heavy atom. The summed E-state index contributed by atoms with van der Waals surface area (Å²) in [7, 11) is 1.49. The lowest BCUT2D eigenvalue weighted by molar-refractivity contribution is 0.373. The number of phenols is 1. The molecule has 0 bridgehead atoms. The Morgan fingerprint density at radius 3 is 3.00 bits per heavy atom. The van der Waals surface area contributed by atoms with Gasteiger partial charge in [-0.3, -0.25) is 0 Å². The summed E-state index contributed by atoms with van der Waals surface area (Å²) >= 11 is 0. The fourth-order valence-corrected chi connectivity index (χ4v) is 1.08. The molecule has 1 aromatic carbocycles. The Labute approximate surface area is 87.2 Å².